The second kappa shape index (κ2) is 8.39. The summed E-state index contributed by atoms with van der Waals surface area (Å²) in [5, 5.41) is 2.95. The van der Waals surface area contributed by atoms with Gasteiger partial charge < -0.3 is 19.7 Å². The number of para-hydroxylation sites is 1. The number of carbonyl (C=O) groups excluding carboxylic acids is 2. The molecule has 0 saturated carbocycles. The zero-order chi connectivity index (χ0) is 22.2. The Morgan fingerprint density at radius 3 is 2.91 bits per heavy atom. The van der Waals surface area contributed by atoms with Gasteiger partial charge in [-0.05, 0) is 57.1 Å². The molecule has 2 aliphatic rings. The van der Waals surface area contributed by atoms with Crippen molar-refractivity contribution in [2.24, 2.45) is 0 Å². The van der Waals surface area contributed by atoms with Crippen molar-refractivity contribution in [1.29, 1.82) is 0 Å². The van der Waals surface area contributed by atoms with E-state index in [2.05, 4.69) is 21.8 Å². The van der Waals surface area contributed by atoms with Crippen molar-refractivity contribution in [3.05, 3.63) is 53.6 Å². The van der Waals surface area contributed by atoms with E-state index in [1.807, 2.05) is 54.4 Å². The van der Waals surface area contributed by atoms with Crippen LogP contribution in [0.5, 0.6) is 0 Å². The van der Waals surface area contributed by atoms with E-state index in [9.17, 15) is 9.59 Å². The smallest absolute Gasteiger partial charge is 0.253 e. The normalized spacial score (nSPS) is 18.6. The van der Waals surface area contributed by atoms with E-state index in [-0.39, 0.29) is 13.2 Å². The lowest BCUT2D eigenvalue weighted by Gasteiger charge is -2.23. The maximum atomic E-state index is 13.1. The number of hydrogen-bond acceptors (Lipinski definition) is 4. The van der Waals surface area contributed by atoms with E-state index < -0.39 is 0 Å². The van der Waals surface area contributed by atoms with Crippen LogP contribution in [0.2, 0.25) is 0 Å². The molecule has 1 aromatic heterocycles. The average molecular weight is 434 g/mol. The molecule has 1 unspecified atom stereocenters. The Morgan fingerprint density at radius 1 is 1.25 bits per heavy atom. The summed E-state index contributed by atoms with van der Waals surface area (Å²) in [5.74, 6) is 0.741. The van der Waals surface area contributed by atoms with Crippen LogP contribution in [0.4, 0.5) is 0 Å². The summed E-state index contributed by atoms with van der Waals surface area (Å²) < 4.78 is 2.09. The molecule has 3 aromatic rings. The summed E-state index contributed by atoms with van der Waals surface area (Å²) in [4.78, 5) is 34.6. The van der Waals surface area contributed by atoms with Gasteiger partial charge in [-0.3, -0.25) is 9.59 Å². The topological polar surface area (TPSA) is 70.5 Å². The Kier molecular flexibility index (Phi) is 5.43. The minimum atomic E-state index is -0.0701. The van der Waals surface area contributed by atoms with Crippen LogP contribution in [0.3, 0.4) is 0 Å². The fraction of sp³-hybridized carbons (Fsp3) is 0.400. The van der Waals surface area contributed by atoms with Gasteiger partial charge in [0, 0.05) is 45.3 Å². The van der Waals surface area contributed by atoms with E-state index in [0.29, 0.717) is 30.3 Å². The Labute approximate surface area is 189 Å². The van der Waals surface area contributed by atoms with Gasteiger partial charge in [0.25, 0.3) is 11.8 Å². The lowest BCUT2D eigenvalue weighted by Crippen LogP contribution is -2.33. The number of nitrogens with one attached hydrogen (secondary N) is 1. The molecule has 1 fully saturated rings. The zero-order valence-electron chi connectivity index (χ0n) is 18.7. The van der Waals surface area contributed by atoms with Crippen molar-refractivity contribution in [2.45, 2.75) is 31.8 Å². The van der Waals surface area contributed by atoms with Crippen molar-refractivity contribution < 1.29 is 11.0 Å². The standard InChI is InChI=1S/C25H29N5O2.H2/c1-28-13-5-8-19(28)11-14-29(2)25(32)18-7-3-6-17(16-18)23-27-21-10-4-9-20-22(21)30(23)15-12-26-24(20)31;/h3-4,6-7,9-10,16,19H,5,8,11-15H2,1-2H3,(H,26,31);1H. The van der Waals surface area contributed by atoms with Crippen molar-refractivity contribution in [2.75, 3.05) is 33.7 Å². The van der Waals surface area contributed by atoms with Gasteiger partial charge in [-0.25, -0.2) is 4.98 Å². The lowest BCUT2D eigenvalue weighted by atomic mass is 10.1. The Morgan fingerprint density at radius 2 is 2.09 bits per heavy atom. The highest BCUT2D eigenvalue weighted by molar-refractivity contribution is 6.06. The molecular weight excluding hydrogens is 402 g/mol. The summed E-state index contributed by atoms with van der Waals surface area (Å²) in [5.41, 5.74) is 3.84. The number of imidazole rings is 1. The predicted molar refractivity (Wildman–Crippen MR) is 127 cm³/mol. The van der Waals surface area contributed by atoms with Crippen LogP contribution in [0.1, 0.15) is 41.4 Å². The summed E-state index contributed by atoms with van der Waals surface area (Å²) in [7, 11) is 4.05. The second-order valence-corrected chi connectivity index (χ2v) is 8.89. The van der Waals surface area contributed by atoms with Gasteiger partial charge >= 0.3 is 0 Å². The molecule has 1 atom stereocenters. The van der Waals surface area contributed by atoms with Crippen molar-refractivity contribution in [3.63, 3.8) is 0 Å². The molecule has 32 heavy (non-hydrogen) atoms. The van der Waals surface area contributed by atoms with Gasteiger partial charge in [0.05, 0.1) is 16.6 Å². The number of amides is 2. The number of likely N-dealkylation sites (tertiary alicyclic amines) is 1. The maximum Gasteiger partial charge on any atom is 0.253 e. The zero-order valence-corrected chi connectivity index (χ0v) is 18.7. The quantitative estimate of drug-likeness (QED) is 0.671. The van der Waals surface area contributed by atoms with Gasteiger partial charge in [-0.2, -0.15) is 0 Å². The molecule has 5 rings (SSSR count). The highest BCUT2D eigenvalue weighted by Crippen LogP contribution is 2.29. The molecule has 1 saturated heterocycles. The van der Waals surface area contributed by atoms with Gasteiger partial charge in [0.2, 0.25) is 0 Å². The summed E-state index contributed by atoms with van der Waals surface area (Å²) in [6.45, 7) is 3.08. The molecule has 2 aromatic carbocycles. The largest absolute Gasteiger partial charge is 0.350 e. The monoisotopic (exact) mass is 433 g/mol. The number of hydrogen-bond donors (Lipinski definition) is 1. The second-order valence-electron chi connectivity index (χ2n) is 8.89. The van der Waals surface area contributed by atoms with Crippen LogP contribution < -0.4 is 5.32 Å². The highest BCUT2D eigenvalue weighted by Gasteiger charge is 2.24. The molecule has 7 nitrogen and oxygen atoms in total. The van der Waals surface area contributed by atoms with Gasteiger partial charge in [0.15, 0.2) is 0 Å². The minimum absolute atomic E-state index is 0. The Hall–Kier alpha value is -3.19. The Bertz CT molecular complexity index is 1190. The number of rotatable bonds is 5. The molecular formula is C25H31N5O2. The molecule has 1 N–H and O–H groups in total. The molecule has 168 valence electrons. The van der Waals surface area contributed by atoms with Crippen LogP contribution in [-0.2, 0) is 6.54 Å². The number of benzene rings is 2. The van der Waals surface area contributed by atoms with Crippen LogP contribution in [-0.4, -0.2) is 70.9 Å². The van der Waals surface area contributed by atoms with Crippen molar-refractivity contribution in [1.82, 2.24) is 24.7 Å². The van der Waals surface area contributed by atoms with Gasteiger partial charge in [-0.1, -0.05) is 18.2 Å². The first-order valence-electron chi connectivity index (χ1n) is 11.4. The molecule has 2 amide bonds. The third-order valence-electron chi connectivity index (χ3n) is 6.82. The molecule has 2 aliphatic heterocycles. The van der Waals surface area contributed by atoms with E-state index in [1.165, 1.54) is 12.8 Å². The number of aromatic nitrogens is 2. The first-order chi connectivity index (χ1) is 15.5. The molecule has 0 bridgehead atoms. The van der Waals surface area contributed by atoms with Crippen LogP contribution >= 0.6 is 0 Å². The number of carbonyl (C=O) groups is 2. The van der Waals surface area contributed by atoms with Gasteiger partial charge in [0.1, 0.15) is 5.82 Å². The SMILES string of the molecule is CN(CCC1CCCN1C)C(=O)c1cccc(-c2nc3cccc4c3n2CCNC4=O)c1.[HH]. The van der Waals surface area contributed by atoms with E-state index >= 15 is 0 Å². The van der Waals surface area contributed by atoms with Crippen LogP contribution in [0.25, 0.3) is 22.4 Å². The maximum absolute atomic E-state index is 13.1. The summed E-state index contributed by atoms with van der Waals surface area (Å²) in [6, 6.07) is 13.9. The highest BCUT2D eigenvalue weighted by atomic mass is 16.2. The van der Waals surface area contributed by atoms with E-state index in [4.69, 9.17) is 4.98 Å². The fourth-order valence-corrected chi connectivity index (χ4v) is 4.98. The van der Waals surface area contributed by atoms with Crippen molar-refractivity contribution in [3.8, 4) is 11.4 Å². The van der Waals surface area contributed by atoms with E-state index in [0.717, 1.165) is 41.9 Å². The molecule has 0 aliphatic carbocycles. The minimum Gasteiger partial charge on any atom is -0.350 e. The van der Waals surface area contributed by atoms with Crippen LogP contribution in [0, 0.1) is 0 Å². The average Bonchev–Trinajstić information content (AvgIpc) is 3.34. The molecule has 3 heterocycles. The molecule has 0 radical (unpaired) electrons. The number of nitrogens with zero attached hydrogens (tertiary/aromatic N) is 4. The van der Waals surface area contributed by atoms with Gasteiger partial charge in [-0.15, -0.1) is 0 Å². The van der Waals surface area contributed by atoms with E-state index in [1.54, 1.807) is 0 Å². The third-order valence-corrected chi connectivity index (χ3v) is 6.82. The Balaban J connectivity index is 0.00000259. The molecule has 7 heteroatoms. The predicted octanol–water partition coefficient (Wildman–Crippen LogP) is 3.25. The summed E-state index contributed by atoms with van der Waals surface area (Å²) >= 11 is 0. The first kappa shape index (κ1) is 20.7. The third kappa shape index (κ3) is 3.66. The first-order valence-corrected chi connectivity index (χ1v) is 11.4. The lowest BCUT2D eigenvalue weighted by molar-refractivity contribution is 0.0783. The fourth-order valence-electron chi connectivity index (χ4n) is 4.98. The van der Waals surface area contributed by atoms with Crippen molar-refractivity contribution >= 4 is 22.8 Å². The summed E-state index contributed by atoms with van der Waals surface area (Å²) in [6.07, 6.45) is 3.45. The van der Waals surface area contributed by atoms with Crippen LogP contribution in [0.15, 0.2) is 42.5 Å². The molecule has 0 spiro atoms.